The number of benzene rings is 3. The Kier molecular flexibility index (Phi) is 6.94. The monoisotopic (exact) mass is 495 g/mol. The van der Waals surface area contributed by atoms with E-state index in [0.717, 1.165) is 27.6 Å². The summed E-state index contributed by atoms with van der Waals surface area (Å²) in [6.07, 6.45) is 2.00. The van der Waals surface area contributed by atoms with Crippen LogP contribution in [0.2, 0.25) is 0 Å². The highest BCUT2D eigenvalue weighted by Gasteiger charge is 2.25. The van der Waals surface area contributed by atoms with E-state index in [1.54, 1.807) is 14.0 Å². The van der Waals surface area contributed by atoms with Gasteiger partial charge in [-0.3, -0.25) is 4.79 Å². The van der Waals surface area contributed by atoms with Crippen LogP contribution in [0.15, 0.2) is 83.5 Å². The molecular formula is C30H29N3O4. The van der Waals surface area contributed by atoms with E-state index in [1.165, 1.54) is 0 Å². The highest BCUT2D eigenvalue weighted by molar-refractivity contribution is 6.00. The minimum absolute atomic E-state index is 0.148. The van der Waals surface area contributed by atoms with Crippen LogP contribution < -0.4 is 14.8 Å². The normalized spacial score (nSPS) is 11.9. The Labute approximate surface area is 215 Å². The van der Waals surface area contributed by atoms with Crippen molar-refractivity contribution in [1.29, 1.82) is 0 Å². The van der Waals surface area contributed by atoms with Crippen molar-refractivity contribution in [3.05, 3.63) is 101 Å². The minimum Gasteiger partial charge on any atom is -0.493 e. The first kappa shape index (κ1) is 24.2. The van der Waals surface area contributed by atoms with E-state index in [1.807, 2.05) is 79.9 Å². The third-order valence-electron chi connectivity index (χ3n) is 6.49. The van der Waals surface area contributed by atoms with Gasteiger partial charge in [-0.25, -0.2) is 0 Å². The predicted molar refractivity (Wildman–Crippen MR) is 143 cm³/mol. The summed E-state index contributed by atoms with van der Waals surface area (Å²) in [7, 11) is 1.63. The number of fused-ring (bicyclic) bond motifs is 1. The summed E-state index contributed by atoms with van der Waals surface area (Å²) in [4.78, 5) is 16.8. The van der Waals surface area contributed by atoms with Crippen molar-refractivity contribution >= 4 is 16.8 Å². The molecule has 0 saturated carbocycles. The van der Waals surface area contributed by atoms with E-state index in [0.29, 0.717) is 41.7 Å². The maximum absolute atomic E-state index is 13.5. The molecule has 0 bridgehead atoms. The molecule has 7 nitrogen and oxygen atoms in total. The Hall–Kier alpha value is -4.52. The lowest BCUT2D eigenvalue weighted by Crippen LogP contribution is -2.29. The average Bonchev–Trinajstić information content (AvgIpc) is 3.54. The Morgan fingerprint density at radius 1 is 1.05 bits per heavy atom. The Balaban J connectivity index is 1.50. The van der Waals surface area contributed by atoms with E-state index >= 15 is 0 Å². The number of aromatic nitrogens is 2. The first-order chi connectivity index (χ1) is 18.1. The van der Waals surface area contributed by atoms with E-state index in [4.69, 9.17) is 14.0 Å². The first-order valence-corrected chi connectivity index (χ1v) is 12.3. The molecule has 5 aromatic rings. The average molecular weight is 496 g/mol. The molecule has 0 aliphatic rings. The molecule has 5 rings (SSSR count). The summed E-state index contributed by atoms with van der Waals surface area (Å²) in [5, 5.41) is 8.40. The molecule has 7 heteroatoms. The smallest absolute Gasteiger partial charge is 0.257 e. The van der Waals surface area contributed by atoms with Crippen LogP contribution in [0.25, 0.3) is 22.2 Å². The zero-order valence-corrected chi connectivity index (χ0v) is 21.1. The molecule has 3 aromatic carbocycles. The SMILES string of the molecule is CCOc1ccc(C(CNC(=O)c2c(-c3ccccc3)noc2C)c2c[nH]c3ccccc23)cc1OC. The lowest BCUT2D eigenvalue weighted by atomic mass is 9.90. The molecule has 0 fully saturated rings. The van der Waals surface area contributed by atoms with Crippen LogP contribution in [0, 0.1) is 6.92 Å². The maximum atomic E-state index is 13.5. The summed E-state index contributed by atoms with van der Waals surface area (Å²) in [5.74, 6) is 1.42. The van der Waals surface area contributed by atoms with Crippen LogP contribution in [0.5, 0.6) is 11.5 Å². The number of hydrogen-bond acceptors (Lipinski definition) is 5. The second-order valence-electron chi connectivity index (χ2n) is 8.72. The zero-order chi connectivity index (χ0) is 25.8. The molecule has 0 saturated heterocycles. The van der Waals surface area contributed by atoms with Crippen molar-refractivity contribution in [3.63, 3.8) is 0 Å². The number of amides is 1. The van der Waals surface area contributed by atoms with Gasteiger partial charge < -0.3 is 24.3 Å². The van der Waals surface area contributed by atoms with Gasteiger partial charge in [0.1, 0.15) is 17.0 Å². The number of aromatic amines is 1. The van der Waals surface area contributed by atoms with Gasteiger partial charge in [0.2, 0.25) is 0 Å². The molecule has 0 aliphatic heterocycles. The first-order valence-electron chi connectivity index (χ1n) is 12.3. The number of ether oxygens (including phenoxy) is 2. The number of nitrogens with zero attached hydrogens (tertiary/aromatic N) is 1. The van der Waals surface area contributed by atoms with Crippen molar-refractivity contribution in [2.45, 2.75) is 19.8 Å². The molecule has 1 amide bonds. The van der Waals surface area contributed by atoms with Gasteiger partial charge in [-0.2, -0.15) is 0 Å². The summed E-state index contributed by atoms with van der Waals surface area (Å²) in [6, 6.07) is 23.6. The minimum atomic E-state index is -0.236. The largest absolute Gasteiger partial charge is 0.493 e. The molecular weight excluding hydrogens is 466 g/mol. The third-order valence-corrected chi connectivity index (χ3v) is 6.49. The number of H-pyrrole nitrogens is 1. The lowest BCUT2D eigenvalue weighted by Gasteiger charge is -2.20. The lowest BCUT2D eigenvalue weighted by molar-refractivity contribution is 0.0951. The molecule has 0 radical (unpaired) electrons. The number of carbonyl (C=O) groups is 1. The molecule has 188 valence electrons. The molecule has 0 aliphatic carbocycles. The van der Waals surface area contributed by atoms with Gasteiger partial charge in [0, 0.05) is 35.1 Å². The van der Waals surface area contributed by atoms with E-state index < -0.39 is 0 Å². The van der Waals surface area contributed by atoms with Crippen LogP contribution >= 0.6 is 0 Å². The molecule has 37 heavy (non-hydrogen) atoms. The molecule has 2 heterocycles. The Bertz CT molecular complexity index is 1520. The molecule has 0 spiro atoms. The summed E-state index contributed by atoms with van der Waals surface area (Å²) < 4.78 is 16.8. The van der Waals surface area contributed by atoms with Crippen LogP contribution in [-0.2, 0) is 0 Å². The number of para-hydroxylation sites is 1. The third kappa shape index (κ3) is 4.80. The highest BCUT2D eigenvalue weighted by Crippen LogP contribution is 2.36. The van der Waals surface area contributed by atoms with Crippen LogP contribution in [-0.4, -0.2) is 36.3 Å². The number of methoxy groups -OCH3 is 1. The standard InChI is InChI=1S/C30H29N3O4/c1-4-36-26-15-14-21(16-27(26)35-3)23(24-18-31-25-13-9-8-12-22(24)25)17-32-30(34)28-19(2)37-33-29(28)20-10-6-5-7-11-20/h5-16,18,23,31H,4,17H2,1-3H3,(H,32,34). The quantitative estimate of drug-likeness (QED) is 0.258. The number of aryl methyl sites for hydroxylation is 1. The van der Waals surface area contributed by atoms with Crippen LogP contribution in [0.4, 0.5) is 0 Å². The number of carbonyl (C=O) groups excluding carboxylic acids is 1. The van der Waals surface area contributed by atoms with Gasteiger partial charge in [-0.1, -0.05) is 59.8 Å². The number of rotatable bonds is 9. The second kappa shape index (κ2) is 10.6. The van der Waals surface area contributed by atoms with Gasteiger partial charge in [-0.15, -0.1) is 0 Å². The van der Waals surface area contributed by atoms with Crippen molar-refractivity contribution in [2.24, 2.45) is 0 Å². The molecule has 1 unspecified atom stereocenters. The number of nitrogens with one attached hydrogen (secondary N) is 2. The predicted octanol–water partition coefficient (Wildman–Crippen LogP) is 6.10. The van der Waals surface area contributed by atoms with Crippen molar-refractivity contribution in [2.75, 3.05) is 20.3 Å². The van der Waals surface area contributed by atoms with Crippen molar-refractivity contribution < 1.29 is 18.8 Å². The van der Waals surface area contributed by atoms with Gasteiger partial charge in [-0.05, 0) is 43.2 Å². The van der Waals surface area contributed by atoms with E-state index in [-0.39, 0.29) is 11.8 Å². The van der Waals surface area contributed by atoms with Crippen LogP contribution in [0.3, 0.4) is 0 Å². The van der Waals surface area contributed by atoms with Crippen LogP contribution in [0.1, 0.15) is 40.1 Å². The summed E-state index contributed by atoms with van der Waals surface area (Å²) in [6.45, 7) is 4.59. The van der Waals surface area contributed by atoms with Gasteiger partial charge >= 0.3 is 0 Å². The van der Waals surface area contributed by atoms with E-state index in [2.05, 4.69) is 21.5 Å². The Morgan fingerprint density at radius 3 is 2.62 bits per heavy atom. The number of hydrogen-bond donors (Lipinski definition) is 2. The van der Waals surface area contributed by atoms with Gasteiger partial charge in [0.25, 0.3) is 5.91 Å². The van der Waals surface area contributed by atoms with Gasteiger partial charge in [0.15, 0.2) is 11.5 Å². The second-order valence-corrected chi connectivity index (χ2v) is 8.72. The van der Waals surface area contributed by atoms with E-state index in [9.17, 15) is 4.79 Å². The maximum Gasteiger partial charge on any atom is 0.257 e. The molecule has 1 atom stereocenters. The van der Waals surface area contributed by atoms with Crippen molar-refractivity contribution in [1.82, 2.24) is 15.5 Å². The molecule has 2 N–H and O–H groups in total. The topological polar surface area (TPSA) is 89.4 Å². The summed E-state index contributed by atoms with van der Waals surface area (Å²) >= 11 is 0. The fraction of sp³-hybridized carbons (Fsp3) is 0.200. The van der Waals surface area contributed by atoms with Gasteiger partial charge in [0.05, 0.1) is 13.7 Å². The Morgan fingerprint density at radius 2 is 1.84 bits per heavy atom. The molecule has 2 aromatic heterocycles. The summed E-state index contributed by atoms with van der Waals surface area (Å²) in [5.41, 5.74) is 4.90. The highest BCUT2D eigenvalue weighted by atomic mass is 16.5. The fourth-order valence-electron chi connectivity index (χ4n) is 4.68. The zero-order valence-electron chi connectivity index (χ0n) is 21.1. The van der Waals surface area contributed by atoms with Crippen molar-refractivity contribution in [3.8, 4) is 22.8 Å². The fourth-order valence-corrected chi connectivity index (χ4v) is 4.68.